The number of hydrogen-bond acceptors (Lipinski definition) is 7. The highest BCUT2D eigenvalue weighted by atomic mass is 16.6. The van der Waals surface area contributed by atoms with Crippen LogP contribution in [0.4, 0.5) is 17.5 Å². The van der Waals surface area contributed by atoms with Crippen molar-refractivity contribution in [3.05, 3.63) is 16.3 Å². The van der Waals surface area contributed by atoms with Gasteiger partial charge in [-0.1, -0.05) is 0 Å². The van der Waals surface area contributed by atoms with E-state index in [1.807, 2.05) is 0 Å². The van der Waals surface area contributed by atoms with E-state index in [1.54, 1.807) is 14.1 Å². The van der Waals surface area contributed by atoms with Crippen LogP contribution in [-0.2, 0) is 4.79 Å². The Hall–Kier alpha value is -2.45. The molecular weight excluding hydrogens is 240 g/mol. The molecule has 1 heterocycles. The number of rotatable bonds is 5. The highest BCUT2D eigenvalue weighted by molar-refractivity contribution is 5.76. The molecule has 1 aromatic heterocycles. The van der Waals surface area contributed by atoms with Gasteiger partial charge in [-0.2, -0.15) is 4.98 Å². The number of nitrogens with zero attached hydrogens (tertiary/aromatic N) is 4. The Morgan fingerprint density at radius 3 is 2.83 bits per heavy atom. The second-order valence-corrected chi connectivity index (χ2v) is 3.68. The Labute approximate surface area is 103 Å². The topological polar surface area (TPSA) is 127 Å². The minimum absolute atomic E-state index is 0.0130. The van der Waals surface area contributed by atoms with Gasteiger partial charge in [0.05, 0.1) is 4.92 Å². The van der Waals surface area contributed by atoms with E-state index >= 15 is 0 Å². The Balaban J connectivity index is 2.69. The lowest BCUT2D eigenvalue weighted by atomic mass is 10.3. The SMILES string of the molecule is CN(C)C(=O)CCNc1nc(N)ncc1[N+](=O)[O-]. The summed E-state index contributed by atoms with van der Waals surface area (Å²) in [5.41, 5.74) is 5.07. The van der Waals surface area contributed by atoms with Crippen molar-refractivity contribution in [1.82, 2.24) is 14.9 Å². The van der Waals surface area contributed by atoms with Crippen molar-refractivity contribution in [2.24, 2.45) is 0 Å². The molecule has 3 N–H and O–H groups in total. The molecule has 0 radical (unpaired) electrons. The molecule has 98 valence electrons. The third-order valence-corrected chi connectivity index (χ3v) is 2.11. The van der Waals surface area contributed by atoms with E-state index in [0.29, 0.717) is 0 Å². The van der Waals surface area contributed by atoms with Gasteiger partial charge in [0, 0.05) is 27.1 Å². The summed E-state index contributed by atoms with van der Waals surface area (Å²) in [6.45, 7) is 0.230. The van der Waals surface area contributed by atoms with Crippen LogP contribution in [0.5, 0.6) is 0 Å². The Morgan fingerprint density at radius 1 is 1.61 bits per heavy atom. The summed E-state index contributed by atoms with van der Waals surface area (Å²) in [5, 5.41) is 13.4. The standard InChI is InChI=1S/C9H14N6O3/c1-14(2)7(16)3-4-11-8-6(15(17)18)5-12-9(10)13-8/h5H,3-4H2,1-2H3,(H3,10,11,12,13). The van der Waals surface area contributed by atoms with Crippen molar-refractivity contribution in [3.63, 3.8) is 0 Å². The van der Waals surface area contributed by atoms with Crippen LogP contribution in [0.25, 0.3) is 0 Å². The molecule has 1 aromatic rings. The Bertz CT molecular complexity index is 462. The normalized spacial score (nSPS) is 9.89. The number of nitrogens with one attached hydrogen (secondary N) is 1. The number of amides is 1. The van der Waals surface area contributed by atoms with Crippen LogP contribution >= 0.6 is 0 Å². The van der Waals surface area contributed by atoms with Gasteiger partial charge in [-0.25, -0.2) is 4.98 Å². The van der Waals surface area contributed by atoms with Gasteiger partial charge >= 0.3 is 5.69 Å². The van der Waals surface area contributed by atoms with Crippen molar-refractivity contribution in [3.8, 4) is 0 Å². The molecular formula is C9H14N6O3. The lowest BCUT2D eigenvalue weighted by Gasteiger charge is -2.10. The molecule has 1 rings (SSSR count). The van der Waals surface area contributed by atoms with Crippen LogP contribution in [0.2, 0.25) is 0 Å². The molecule has 1 amide bonds. The second kappa shape index (κ2) is 5.75. The van der Waals surface area contributed by atoms with E-state index in [9.17, 15) is 14.9 Å². The van der Waals surface area contributed by atoms with Crippen molar-refractivity contribution in [2.45, 2.75) is 6.42 Å². The van der Waals surface area contributed by atoms with Crippen LogP contribution in [0.15, 0.2) is 6.20 Å². The molecule has 0 bridgehead atoms. The average molecular weight is 254 g/mol. The predicted molar refractivity (Wildman–Crippen MR) is 64.9 cm³/mol. The first-order valence-corrected chi connectivity index (χ1v) is 5.12. The summed E-state index contributed by atoms with van der Waals surface area (Å²) in [5.74, 6) is -0.145. The summed E-state index contributed by atoms with van der Waals surface area (Å²) >= 11 is 0. The molecule has 9 heteroatoms. The molecule has 0 aliphatic carbocycles. The number of carbonyl (C=O) groups excluding carboxylic acids is 1. The number of aromatic nitrogens is 2. The minimum atomic E-state index is -0.616. The number of nitrogens with two attached hydrogens (primary N) is 1. The van der Waals surface area contributed by atoms with Gasteiger partial charge in [0.15, 0.2) is 0 Å². The molecule has 0 aromatic carbocycles. The Morgan fingerprint density at radius 2 is 2.28 bits per heavy atom. The van der Waals surface area contributed by atoms with Crippen LogP contribution < -0.4 is 11.1 Å². The first-order valence-electron chi connectivity index (χ1n) is 5.12. The first-order chi connectivity index (χ1) is 8.41. The van der Waals surface area contributed by atoms with Gasteiger partial charge in [0.25, 0.3) is 0 Å². The maximum atomic E-state index is 11.3. The van der Waals surface area contributed by atoms with E-state index in [1.165, 1.54) is 4.90 Å². The smallest absolute Gasteiger partial charge is 0.329 e. The second-order valence-electron chi connectivity index (χ2n) is 3.68. The van der Waals surface area contributed by atoms with Crippen LogP contribution in [0, 0.1) is 10.1 Å². The third-order valence-electron chi connectivity index (χ3n) is 2.11. The van der Waals surface area contributed by atoms with Gasteiger partial charge in [-0.15, -0.1) is 0 Å². The molecule has 0 aliphatic rings. The summed E-state index contributed by atoms with van der Waals surface area (Å²) < 4.78 is 0. The highest BCUT2D eigenvalue weighted by Crippen LogP contribution is 2.20. The highest BCUT2D eigenvalue weighted by Gasteiger charge is 2.16. The minimum Gasteiger partial charge on any atom is -0.368 e. The fourth-order valence-electron chi connectivity index (χ4n) is 1.16. The average Bonchev–Trinajstić information content (AvgIpc) is 2.28. The first kappa shape index (κ1) is 13.6. The largest absolute Gasteiger partial charge is 0.368 e. The van der Waals surface area contributed by atoms with Crippen molar-refractivity contribution < 1.29 is 9.72 Å². The predicted octanol–water partition coefficient (Wildman–Crippen LogP) is -0.143. The quantitative estimate of drug-likeness (QED) is 0.552. The summed E-state index contributed by atoms with van der Waals surface area (Å²) in [4.78, 5) is 30.1. The zero-order chi connectivity index (χ0) is 13.7. The molecule has 0 unspecified atom stereocenters. The monoisotopic (exact) mass is 254 g/mol. The fraction of sp³-hybridized carbons (Fsp3) is 0.444. The zero-order valence-corrected chi connectivity index (χ0v) is 10.1. The van der Waals surface area contributed by atoms with E-state index < -0.39 is 4.92 Å². The number of nitro groups is 1. The zero-order valence-electron chi connectivity index (χ0n) is 10.1. The number of anilines is 2. The molecule has 0 aliphatic heterocycles. The lowest BCUT2D eigenvalue weighted by Crippen LogP contribution is -2.24. The third kappa shape index (κ3) is 3.54. The summed E-state index contributed by atoms with van der Waals surface area (Å²) in [7, 11) is 3.26. The maximum Gasteiger partial charge on any atom is 0.329 e. The van der Waals surface area contributed by atoms with E-state index in [-0.39, 0.29) is 36.3 Å². The van der Waals surface area contributed by atoms with Crippen LogP contribution in [0.3, 0.4) is 0 Å². The summed E-state index contributed by atoms with van der Waals surface area (Å²) in [6, 6.07) is 0. The van der Waals surface area contributed by atoms with Crippen LogP contribution in [0.1, 0.15) is 6.42 Å². The number of carbonyl (C=O) groups is 1. The molecule has 18 heavy (non-hydrogen) atoms. The van der Waals surface area contributed by atoms with Gasteiger partial charge in [0.1, 0.15) is 6.20 Å². The molecule has 0 fully saturated rings. The van der Waals surface area contributed by atoms with Crippen LogP contribution in [-0.4, -0.2) is 46.3 Å². The molecule has 0 saturated heterocycles. The molecule has 9 nitrogen and oxygen atoms in total. The van der Waals surface area contributed by atoms with Crippen molar-refractivity contribution >= 4 is 23.4 Å². The number of hydrogen-bond donors (Lipinski definition) is 2. The van der Waals surface area contributed by atoms with Crippen molar-refractivity contribution in [2.75, 3.05) is 31.7 Å². The van der Waals surface area contributed by atoms with Crippen molar-refractivity contribution in [1.29, 1.82) is 0 Å². The maximum absolute atomic E-state index is 11.3. The molecule has 0 spiro atoms. The lowest BCUT2D eigenvalue weighted by molar-refractivity contribution is -0.384. The van der Waals surface area contributed by atoms with Gasteiger partial charge < -0.3 is 16.0 Å². The van der Waals surface area contributed by atoms with E-state index in [2.05, 4.69) is 15.3 Å². The number of nitrogen functional groups attached to an aromatic ring is 1. The Kier molecular flexibility index (Phi) is 4.35. The molecule has 0 saturated carbocycles. The molecule has 0 atom stereocenters. The van der Waals surface area contributed by atoms with Gasteiger partial charge in [0.2, 0.25) is 17.7 Å². The van der Waals surface area contributed by atoms with E-state index in [4.69, 9.17) is 5.73 Å². The van der Waals surface area contributed by atoms with Gasteiger partial charge in [-0.3, -0.25) is 14.9 Å². The van der Waals surface area contributed by atoms with Gasteiger partial charge in [-0.05, 0) is 0 Å². The fourth-order valence-corrected chi connectivity index (χ4v) is 1.16. The summed E-state index contributed by atoms with van der Waals surface area (Å²) in [6.07, 6.45) is 1.23. The van der Waals surface area contributed by atoms with E-state index in [0.717, 1.165) is 6.20 Å².